The maximum atomic E-state index is 12.7. The first-order valence-corrected chi connectivity index (χ1v) is 6.46. The molecule has 0 radical (unpaired) electrons. The van der Waals surface area contributed by atoms with Crippen molar-refractivity contribution >= 4 is 5.97 Å². The molecule has 1 N–H and O–H groups in total. The van der Waals surface area contributed by atoms with Gasteiger partial charge in [-0.05, 0) is 18.7 Å². The normalized spacial score (nSPS) is 22.7. The highest BCUT2D eigenvalue weighted by molar-refractivity contribution is 5.71. The third-order valence-corrected chi connectivity index (χ3v) is 3.62. The van der Waals surface area contributed by atoms with Crippen LogP contribution in [0.1, 0.15) is 11.1 Å². The molecule has 0 aliphatic carbocycles. The lowest BCUT2D eigenvalue weighted by molar-refractivity contribution is -0.143. The van der Waals surface area contributed by atoms with Crippen molar-refractivity contribution in [2.45, 2.75) is 18.8 Å². The second-order valence-electron chi connectivity index (χ2n) is 5.16. The van der Waals surface area contributed by atoms with Crippen molar-refractivity contribution in [3.63, 3.8) is 0 Å². The van der Waals surface area contributed by atoms with Gasteiger partial charge in [0.2, 0.25) is 0 Å². The first-order valence-electron chi connectivity index (χ1n) is 6.46. The van der Waals surface area contributed by atoms with Crippen LogP contribution in [-0.4, -0.2) is 42.3 Å². The van der Waals surface area contributed by atoms with Crippen molar-refractivity contribution < 1.29 is 27.8 Å². The lowest BCUT2D eigenvalue weighted by Crippen LogP contribution is -2.40. The SMILES string of the molecule is CN(Cc1cccc(C(F)(F)F)c1)C1COCC1C(=O)O. The van der Waals surface area contributed by atoms with E-state index >= 15 is 0 Å². The van der Waals surface area contributed by atoms with E-state index in [9.17, 15) is 18.0 Å². The summed E-state index contributed by atoms with van der Waals surface area (Å²) in [5.74, 6) is -1.60. The molecule has 2 rings (SSSR count). The van der Waals surface area contributed by atoms with Gasteiger partial charge in [-0.25, -0.2) is 0 Å². The Morgan fingerprint density at radius 1 is 1.43 bits per heavy atom. The topological polar surface area (TPSA) is 49.8 Å². The fraction of sp³-hybridized carbons (Fsp3) is 0.500. The van der Waals surface area contributed by atoms with Gasteiger partial charge in [-0.3, -0.25) is 9.69 Å². The number of carbonyl (C=O) groups is 1. The molecule has 21 heavy (non-hydrogen) atoms. The summed E-state index contributed by atoms with van der Waals surface area (Å²) in [5.41, 5.74) is -0.214. The molecule has 0 bridgehead atoms. The molecule has 2 unspecified atom stereocenters. The van der Waals surface area contributed by atoms with Gasteiger partial charge in [0.1, 0.15) is 0 Å². The van der Waals surface area contributed by atoms with Crippen LogP contribution in [0, 0.1) is 5.92 Å². The number of ether oxygens (including phenoxy) is 1. The lowest BCUT2D eigenvalue weighted by Gasteiger charge is -2.26. The monoisotopic (exact) mass is 303 g/mol. The Kier molecular flexibility index (Phi) is 4.53. The number of nitrogens with zero attached hydrogens (tertiary/aromatic N) is 1. The van der Waals surface area contributed by atoms with Crippen molar-refractivity contribution in [2.75, 3.05) is 20.3 Å². The van der Waals surface area contributed by atoms with Crippen LogP contribution >= 0.6 is 0 Å². The molecule has 1 aromatic rings. The molecule has 1 heterocycles. The minimum atomic E-state index is -4.38. The summed E-state index contributed by atoms with van der Waals surface area (Å²) >= 11 is 0. The molecule has 1 aliphatic rings. The van der Waals surface area contributed by atoms with Crippen molar-refractivity contribution in [3.8, 4) is 0 Å². The molecule has 0 saturated carbocycles. The summed E-state index contributed by atoms with van der Waals surface area (Å²) in [4.78, 5) is 12.8. The minimum Gasteiger partial charge on any atom is -0.481 e. The number of hydrogen-bond donors (Lipinski definition) is 1. The number of likely N-dealkylation sites (N-methyl/N-ethyl adjacent to an activating group) is 1. The Morgan fingerprint density at radius 2 is 2.14 bits per heavy atom. The van der Waals surface area contributed by atoms with Crippen LogP contribution < -0.4 is 0 Å². The van der Waals surface area contributed by atoms with E-state index in [0.29, 0.717) is 5.56 Å². The number of halogens is 3. The molecule has 7 heteroatoms. The standard InChI is InChI=1S/C14H16F3NO3/c1-18(12-8-21-7-11(12)13(19)20)6-9-3-2-4-10(5-9)14(15,16)17/h2-5,11-12H,6-8H2,1H3,(H,19,20). The van der Waals surface area contributed by atoms with Crippen molar-refractivity contribution in [2.24, 2.45) is 5.92 Å². The molecule has 1 aromatic carbocycles. The summed E-state index contributed by atoms with van der Waals surface area (Å²) in [6.07, 6.45) is -4.38. The summed E-state index contributed by atoms with van der Waals surface area (Å²) < 4.78 is 43.2. The molecule has 1 fully saturated rings. The van der Waals surface area contributed by atoms with Gasteiger partial charge in [0.15, 0.2) is 0 Å². The molecule has 1 saturated heterocycles. The Balaban J connectivity index is 2.09. The zero-order valence-electron chi connectivity index (χ0n) is 11.4. The Labute approximate surface area is 120 Å². The van der Waals surface area contributed by atoms with E-state index in [-0.39, 0.29) is 25.8 Å². The van der Waals surface area contributed by atoms with Gasteiger partial charge in [-0.2, -0.15) is 13.2 Å². The van der Waals surface area contributed by atoms with Gasteiger partial charge in [0.05, 0.1) is 24.7 Å². The minimum absolute atomic E-state index is 0.132. The molecular formula is C14H16F3NO3. The van der Waals surface area contributed by atoms with Crippen LogP contribution in [0.4, 0.5) is 13.2 Å². The number of carboxylic acid groups (broad SMARTS) is 1. The number of aliphatic carboxylic acids is 1. The van der Waals surface area contributed by atoms with Gasteiger partial charge in [0, 0.05) is 12.6 Å². The highest BCUT2D eigenvalue weighted by Crippen LogP contribution is 2.30. The first-order chi connectivity index (χ1) is 9.79. The van der Waals surface area contributed by atoms with Gasteiger partial charge >= 0.3 is 12.1 Å². The van der Waals surface area contributed by atoms with Gasteiger partial charge < -0.3 is 9.84 Å². The number of rotatable bonds is 4. The molecule has 0 aromatic heterocycles. The molecular weight excluding hydrogens is 287 g/mol. The third kappa shape index (κ3) is 3.74. The second-order valence-corrected chi connectivity index (χ2v) is 5.16. The lowest BCUT2D eigenvalue weighted by atomic mass is 10.0. The third-order valence-electron chi connectivity index (χ3n) is 3.62. The average molecular weight is 303 g/mol. The van der Waals surface area contributed by atoms with E-state index in [4.69, 9.17) is 9.84 Å². The highest BCUT2D eigenvalue weighted by atomic mass is 19.4. The first kappa shape index (κ1) is 15.8. The maximum Gasteiger partial charge on any atom is 0.416 e. The van der Waals surface area contributed by atoms with E-state index in [2.05, 4.69) is 0 Å². The summed E-state index contributed by atoms with van der Waals surface area (Å²) in [7, 11) is 1.69. The van der Waals surface area contributed by atoms with Gasteiger partial charge in [-0.1, -0.05) is 18.2 Å². The largest absolute Gasteiger partial charge is 0.481 e. The van der Waals surface area contributed by atoms with Gasteiger partial charge in [-0.15, -0.1) is 0 Å². The van der Waals surface area contributed by atoms with Crippen LogP contribution in [-0.2, 0) is 22.3 Å². The Morgan fingerprint density at radius 3 is 2.76 bits per heavy atom. The van der Waals surface area contributed by atoms with E-state index in [0.717, 1.165) is 12.1 Å². The van der Waals surface area contributed by atoms with E-state index in [1.165, 1.54) is 6.07 Å². The highest BCUT2D eigenvalue weighted by Gasteiger charge is 2.37. The zero-order valence-corrected chi connectivity index (χ0v) is 11.4. The van der Waals surface area contributed by atoms with Crippen molar-refractivity contribution in [3.05, 3.63) is 35.4 Å². The zero-order chi connectivity index (χ0) is 15.6. The van der Waals surface area contributed by atoms with Crippen LogP contribution in [0.2, 0.25) is 0 Å². The fourth-order valence-corrected chi connectivity index (χ4v) is 2.46. The van der Waals surface area contributed by atoms with Crippen LogP contribution in [0.25, 0.3) is 0 Å². The van der Waals surface area contributed by atoms with E-state index in [1.807, 2.05) is 0 Å². The predicted octanol–water partition coefficient (Wildman–Crippen LogP) is 2.24. The van der Waals surface area contributed by atoms with E-state index < -0.39 is 23.6 Å². The fourth-order valence-electron chi connectivity index (χ4n) is 2.46. The predicted molar refractivity (Wildman–Crippen MR) is 68.6 cm³/mol. The summed E-state index contributed by atoms with van der Waals surface area (Å²) in [6.45, 7) is 0.640. The van der Waals surface area contributed by atoms with Gasteiger partial charge in [0.25, 0.3) is 0 Å². The number of hydrogen-bond acceptors (Lipinski definition) is 3. The second kappa shape index (κ2) is 6.03. The molecule has 1 aliphatic heterocycles. The van der Waals surface area contributed by atoms with Crippen LogP contribution in [0.15, 0.2) is 24.3 Å². The average Bonchev–Trinajstić information content (AvgIpc) is 2.87. The molecule has 4 nitrogen and oxygen atoms in total. The molecule has 0 amide bonds. The van der Waals surface area contributed by atoms with Crippen molar-refractivity contribution in [1.82, 2.24) is 4.90 Å². The smallest absolute Gasteiger partial charge is 0.416 e. The molecule has 116 valence electrons. The van der Waals surface area contributed by atoms with Crippen molar-refractivity contribution in [1.29, 1.82) is 0 Å². The van der Waals surface area contributed by atoms with E-state index in [1.54, 1.807) is 18.0 Å². The Bertz CT molecular complexity index is 518. The maximum absolute atomic E-state index is 12.7. The summed E-state index contributed by atoms with van der Waals surface area (Å²) in [6, 6.07) is 4.71. The Hall–Kier alpha value is -1.60. The molecule has 2 atom stereocenters. The number of benzene rings is 1. The molecule has 0 spiro atoms. The summed E-state index contributed by atoms with van der Waals surface area (Å²) in [5, 5.41) is 9.09. The quantitative estimate of drug-likeness (QED) is 0.927. The number of alkyl halides is 3. The van der Waals surface area contributed by atoms with Crippen LogP contribution in [0.3, 0.4) is 0 Å². The van der Waals surface area contributed by atoms with Crippen LogP contribution in [0.5, 0.6) is 0 Å². The number of carboxylic acids is 1.